The number of aromatic nitrogens is 3. The Morgan fingerprint density at radius 3 is 2.33 bits per heavy atom. The van der Waals surface area contributed by atoms with Gasteiger partial charge in [0.25, 0.3) is 0 Å². The second-order valence-corrected chi connectivity index (χ2v) is 9.23. The highest BCUT2D eigenvalue weighted by atomic mass is 16.5. The first kappa shape index (κ1) is 27.9. The molecule has 4 aromatic rings. The number of H-pyrrole nitrogens is 2. The van der Waals surface area contributed by atoms with Crippen molar-refractivity contribution in [3.63, 3.8) is 0 Å². The molecule has 0 unspecified atom stereocenters. The van der Waals surface area contributed by atoms with Gasteiger partial charge in [0.2, 0.25) is 11.8 Å². The number of carbonyl (C=O) groups is 4. The quantitative estimate of drug-likeness (QED) is 0.157. The maximum atomic E-state index is 13.5. The van der Waals surface area contributed by atoms with Crippen LogP contribution in [0.25, 0.3) is 10.9 Å². The number of alkyl carbamates (subject to hydrolysis) is 1. The molecule has 0 saturated carbocycles. The molecule has 0 bridgehead atoms. The largest absolute Gasteiger partial charge is 0.480 e. The van der Waals surface area contributed by atoms with E-state index in [4.69, 9.17) is 4.74 Å². The molecule has 0 aliphatic carbocycles. The second-order valence-electron chi connectivity index (χ2n) is 9.23. The molecule has 2 aromatic heterocycles. The van der Waals surface area contributed by atoms with E-state index in [0.717, 1.165) is 22.0 Å². The third kappa shape index (κ3) is 7.47. The van der Waals surface area contributed by atoms with Gasteiger partial charge >= 0.3 is 12.1 Å². The molecule has 12 heteroatoms. The fraction of sp³-hybridized carbons (Fsp3) is 0.250. The van der Waals surface area contributed by atoms with Crippen molar-refractivity contribution in [1.29, 1.82) is 0 Å². The molecular weight excluding hydrogens is 516 g/mol. The number of carbonyl (C=O) groups excluding carboxylic acids is 3. The number of carboxylic acids is 1. The Labute approximate surface area is 229 Å². The number of benzene rings is 2. The lowest BCUT2D eigenvalue weighted by molar-refractivity contribution is -0.141. The molecule has 4 rings (SSSR count). The van der Waals surface area contributed by atoms with Gasteiger partial charge in [-0.2, -0.15) is 0 Å². The SMILES string of the molecule is C[C@H](NC(=O)[C@@H](Cc1c[nH]c2ccccc12)NC(=O)[C@H](Cc1cnc[nH]1)NC(=O)OCc1ccccc1)C(=O)O. The number of imidazole rings is 1. The van der Waals surface area contributed by atoms with Crippen molar-refractivity contribution in [2.24, 2.45) is 0 Å². The number of nitrogens with one attached hydrogen (secondary N) is 5. The van der Waals surface area contributed by atoms with Gasteiger partial charge in [-0.15, -0.1) is 0 Å². The fourth-order valence-electron chi connectivity index (χ4n) is 4.11. The summed E-state index contributed by atoms with van der Waals surface area (Å²) in [5, 5.41) is 17.8. The molecule has 0 radical (unpaired) electrons. The maximum absolute atomic E-state index is 13.5. The van der Waals surface area contributed by atoms with Crippen LogP contribution in [0.5, 0.6) is 0 Å². The Morgan fingerprint density at radius 2 is 1.60 bits per heavy atom. The van der Waals surface area contributed by atoms with E-state index in [1.165, 1.54) is 19.4 Å². The summed E-state index contributed by atoms with van der Waals surface area (Å²) in [5.74, 6) is -2.56. The summed E-state index contributed by atoms with van der Waals surface area (Å²) in [4.78, 5) is 60.6. The predicted octanol–water partition coefficient (Wildman–Crippen LogP) is 2.05. The summed E-state index contributed by atoms with van der Waals surface area (Å²) < 4.78 is 5.29. The Hall–Kier alpha value is -5.13. The standard InChI is InChI=1S/C28H30N6O6/c1-17(27(37)38)32-25(35)23(11-19-13-30-22-10-6-5-9-21(19)22)33-26(36)24(12-20-14-29-16-31-20)34-28(39)40-15-18-7-3-2-4-8-18/h2-10,13-14,16-17,23-24,30H,11-12,15H2,1H3,(H,29,31)(H,32,35)(H,33,36)(H,34,39)(H,37,38)/t17-,23+,24-/m0/s1. The number of nitrogens with zero attached hydrogens (tertiary/aromatic N) is 1. The zero-order chi connectivity index (χ0) is 28.5. The number of hydrogen-bond donors (Lipinski definition) is 6. The lowest BCUT2D eigenvalue weighted by atomic mass is 10.0. The van der Waals surface area contributed by atoms with Crippen LogP contribution in [-0.4, -0.2) is 62.1 Å². The molecule has 0 saturated heterocycles. The topological polar surface area (TPSA) is 178 Å². The van der Waals surface area contributed by atoms with Gasteiger partial charge in [-0.3, -0.25) is 14.4 Å². The van der Waals surface area contributed by atoms with Gasteiger partial charge in [0, 0.05) is 41.8 Å². The van der Waals surface area contributed by atoms with Crippen molar-refractivity contribution in [2.45, 2.75) is 44.5 Å². The highest BCUT2D eigenvalue weighted by molar-refractivity contribution is 5.93. The second kappa shape index (κ2) is 13.1. The van der Waals surface area contributed by atoms with Crippen LogP contribution in [0.3, 0.4) is 0 Å². The predicted molar refractivity (Wildman–Crippen MR) is 145 cm³/mol. The van der Waals surface area contributed by atoms with Crippen molar-refractivity contribution >= 4 is 34.8 Å². The van der Waals surface area contributed by atoms with Crippen LogP contribution in [0.1, 0.15) is 23.7 Å². The van der Waals surface area contributed by atoms with Gasteiger partial charge in [0.15, 0.2) is 0 Å². The lowest BCUT2D eigenvalue weighted by Crippen LogP contribution is -2.56. The number of aliphatic carboxylic acids is 1. The third-order valence-electron chi connectivity index (χ3n) is 6.26. The van der Waals surface area contributed by atoms with Crippen LogP contribution in [0.4, 0.5) is 4.79 Å². The van der Waals surface area contributed by atoms with E-state index >= 15 is 0 Å². The molecule has 0 aliphatic rings. The van der Waals surface area contributed by atoms with E-state index in [0.29, 0.717) is 5.69 Å². The van der Waals surface area contributed by atoms with Crippen molar-refractivity contribution in [1.82, 2.24) is 30.9 Å². The molecule has 40 heavy (non-hydrogen) atoms. The monoisotopic (exact) mass is 546 g/mol. The van der Waals surface area contributed by atoms with E-state index in [9.17, 15) is 24.3 Å². The van der Waals surface area contributed by atoms with Gasteiger partial charge in [-0.05, 0) is 24.1 Å². The summed E-state index contributed by atoms with van der Waals surface area (Å²) in [6.07, 6.45) is 3.99. The molecule has 3 amide bonds. The summed E-state index contributed by atoms with van der Waals surface area (Å²) in [6, 6.07) is 13.1. The molecule has 2 heterocycles. The van der Waals surface area contributed by atoms with Gasteiger partial charge < -0.3 is 35.8 Å². The minimum absolute atomic E-state index is 0.00371. The van der Waals surface area contributed by atoms with Crippen molar-refractivity contribution in [2.75, 3.05) is 0 Å². The first-order chi connectivity index (χ1) is 19.3. The summed E-state index contributed by atoms with van der Waals surface area (Å²) >= 11 is 0. The molecule has 6 N–H and O–H groups in total. The van der Waals surface area contributed by atoms with Crippen LogP contribution < -0.4 is 16.0 Å². The Balaban J connectivity index is 1.51. The summed E-state index contributed by atoms with van der Waals surface area (Å²) in [6.45, 7) is 1.33. The van der Waals surface area contributed by atoms with Crippen LogP contribution in [0.2, 0.25) is 0 Å². The minimum atomic E-state index is -1.22. The van der Waals surface area contributed by atoms with Crippen molar-refractivity contribution in [3.8, 4) is 0 Å². The third-order valence-corrected chi connectivity index (χ3v) is 6.26. The van der Waals surface area contributed by atoms with Gasteiger partial charge in [0.05, 0.1) is 6.33 Å². The molecule has 208 valence electrons. The van der Waals surface area contributed by atoms with E-state index in [1.54, 1.807) is 18.3 Å². The van der Waals surface area contributed by atoms with Crippen LogP contribution in [-0.2, 0) is 38.6 Å². The highest BCUT2D eigenvalue weighted by Crippen LogP contribution is 2.19. The number of ether oxygens (including phenoxy) is 1. The molecule has 0 aliphatic heterocycles. The zero-order valence-corrected chi connectivity index (χ0v) is 21.7. The van der Waals surface area contributed by atoms with E-state index < -0.39 is 42.0 Å². The van der Waals surface area contributed by atoms with E-state index in [2.05, 4.69) is 30.9 Å². The van der Waals surface area contributed by atoms with Gasteiger partial charge in [0.1, 0.15) is 24.7 Å². The van der Waals surface area contributed by atoms with Gasteiger partial charge in [-0.1, -0.05) is 48.5 Å². The van der Waals surface area contributed by atoms with Crippen molar-refractivity contribution < 1.29 is 29.0 Å². The van der Waals surface area contributed by atoms with Crippen molar-refractivity contribution in [3.05, 3.63) is 90.1 Å². The first-order valence-electron chi connectivity index (χ1n) is 12.6. The number of aromatic amines is 2. The van der Waals surface area contributed by atoms with Crippen LogP contribution in [0.15, 0.2) is 73.3 Å². The number of hydrogen-bond acceptors (Lipinski definition) is 6. The number of para-hydroxylation sites is 1. The Bertz CT molecular complexity index is 1450. The fourth-order valence-corrected chi connectivity index (χ4v) is 4.11. The smallest absolute Gasteiger partial charge is 0.408 e. The van der Waals surface area contributed by atoms with E-state index in [-0.39, 0.29) is 19.4 Å². The summed E-state index contributed by atoms with van der Waals surface area (Å²) in [7, 11) is 0. The number of fused-ring (bicyclic) bond motifs is 1. The Kier molecular flexibility index (Phi) is 9.13. The number of amides is 3. The molecule has 2 aromatic carbocycles. The zero-order valence-electron chi connectivity index (χ0n) is 21.7. The van der Waals surface area contributed by atoms with E-state index in [1.807, 2.05) is 42.5 Å². The summed E-state index contributed by atoms with van der Waals surface area (Å²) in [5.41, 5.74) is 2.94. The Morgan fingerprint density at radius 1 is 0.900 bits per heavy atom. The average Bonchev–Trinajstić information content (AvgIpc) is 3.61. The molecule has 0 fully saturated rings. The van der Waals surface area contributed by atoms with Crippen LogP contribution in [0, 0.1) is 0 Å². The molecule has 12 nitrogen and oxygen atoms in total. The number of rotatable bonds is 12. The molecule has 3 atom stereocenters. The molecular formula is C28H30N6O6. The average molecular weight is 547 g/mol. The normalized spacial score (nSPS) is 13.1. The van der Waals surface area contributed by atoms with Crippen LogP contribution >= 0.6 is 0 Å². The van der Waals surface area contributed by atoms with Gasteiger partial charge in [-0.25, -0.2) is 9.78 Å². The number of carboxylic acid groups (broad SMARTS) is 1. The maximum Gasteiger partial charge on any atom is 0.408 e. The highest BCUT2D eigenvalue weighted by Gasteiger charge is 2.30. The lowest BCUT2D eigenvalue weighted by Gasteiger charge is -2.23. The first-order valence-corrected chi connectivity index (χ1v) is 12.6. The molecule has 0 spiro atoms. The minimum Gasteiger partial charge on any atom is -0.480 e.